The zero-order valence-corrected chi connectivity index (χ0v) is 20.4. The molecule has 1 atom stereocenters. The highest BCUT2D eigenvalue weighted by Crippen LogP contribution is 2.38. The molecule has 0 spiro atoms. The number of aryl methyl sites for hydroxylation is 1. The highest BCUT2D eigenvalue weighted by atomic mass is 19.1. The van der Waals surface area contributed by atoms with E-state index in [0.29, 0.717) is 18.7 Å². The molecule has 1 unspecified atom stereocenters. The van der Waals surface area contributed by atoms with Crippen LogP contribution in [0.25, 0.3) is 11.5 Å². The van der Waals surface area contributed by atoms with Gasteiger partial charge in [0.1, 0.15) is 11.6 Å². The van der Waals surface area contributed by atoms with E-state index in [9.17, 15) is 9.18 Å². The van der Waals surface area contributed by atoms with Gasteiger partial charge in [0, 0.05) is 18.3 Å². The molecule has 7 heteroatoms. The largest absolute Gasteiger partial charge is 0.334 e. The van der Waals surface area contributed by atoms with Gasteiger partial charge in [0.05, 0.1) is 29.7 Å². The van der Waals surface area contributed by atoms with Gasteiger partial charge < -0.3 is 14.8 Å². The Hall–Kier alpha value is -4.65. The van der Waals surface area contributed by atoms with E-state index in [2.05, 4.69) is 9.88 Å². The highest BCUT2D eigenvalue weighted by Gasteiger charge is 2.36. The smallest absolute Gasteiger partial charge is 0.318 e. The molecule has 184 valence electrons. The number of fused-ring (bicyclic) bond motifs is 3. The summed E-state index contributed by atoms with van der Waals surface area (Å²) in [6.07, 6.45) is 1.98. The summed E-state index contributed by atoms with van der Waals surface area (Å²) in [5.41, 5.74) is 5.27. The normalized spacial score (nSPS) is 14.5. The Labute approximate surface area is 214 Å². The lowest BCUT2D eigenvalue weighted by molar-refractivity contribution is 0.180. The minimum atomic E-state index is -0.502. The molecule has 0 saturated heterocycles. The third-order valence-corrected chi connectivity index (χ3v) is 6.80. The first-order valence-corrected chi connectivity index (χ1v) is 12.3. The fraction of sp³-hybridized carbons (Fsp3) is 0.133. The van der Waals surface area contributed by atoms with Gasteiger partial charge in [-0.15, -0.1) is 0 Å². The molecule has 6 rings (SSSR count). The van der Waals surface area contributed by atoms with Gasteiger partial charge in [-0.1, -0.05) is 60.7 Å². The summed E-state index contributed by atoms with van der Waals surface area (Å²) in [5, 5.41) is 7.94. The molecule has 6 nitrogen and oxygen atoms in total. The Morgan fingerprint density at radius 1 is 0.973 bits per heavy atom. The van der Waals surface area contributed by atoms with E-state index < -0.39 is 6.04 Å². The molecule has 0 fully saturated rings. The van der Waals surface area contributed by atoms with E-state index in [-0.39, 0.29) is 11.8 Å². The Morgan fingerprint density at radius 2 is 1.73 bits per heavy atom. The van der Waals surface area contributed by atoms with Crippen LogP contribution in [0.1, 0.15) is 34.1 Å². The minimum absolute atomic E-state index is 0.231. The van der Waals surface area contributed by atoms with Crippen LogP contribution in [0.3, 0.4) is 0 Å². The first-order valence-electron chi connectivity index (χ1n) is 12.3. The van der Waals surface area contributed by atoms with Gasteiger partial charge >= 0.3 is 6.03 Å². The molecular formula is C30H26FN5O. The van der Waals surface area contributed by atoms with Crippen molar-refractivity contribution >= 4 is 6.03 Å². The Morgan fingerprint density at radius 3 is 2.49 bits per heavy atom. The molecule has 0 bridgehead atoms. The topological polar surface area (TPSA) is 55.1 Å². The average Bonchev–Trinajstić information content (AvgIpc) is 3.48. The summed E-state index contributed by atoms with van der Waals surface area (Å²) < 4.78 is 18.4. The molecule has 0 saturated carbocycles. The van der Waals surface area contributed by atoms with Crippen molar-refractivity contribution in [3.8, 4) is 11.5 Å². The van der Waals surface area contributed by atoms with E-state index >= 15 is 0 Å². The number of nitrogens with zero attached hydrogens (tertiary/aromatic N) is 4. The van der Waals surface area contributed by atoms with E-state index in [0.717, 1.165) is 34.0 Å². The first kappa shape index (κ1) is 22.8. The van der Waals surface area contributed by atoms with Gasteiger partial charge in [0.25, 0.3) is 0 Å². The monoisotopic (exact) mass is 491 g/mol. The Bertz CT molecular complexity index is 1560. The average molecular weight is 492 g/mol. The molecule has 1 N–H and O–H groups in total. The van der Waals surface area contributed by atoms with Crippen molar-refractivity contribution in [2.24, 2.45) is 0 Å². The number of urea groups is 1. The van der Waals surface area contributed by atoms with Crippen molar-refractivity contribution in [1.82, 2.24) is 24.6 Å². The molecule has 1 aliphatic rings. The second-order valence-electron chi connectivity index (χ2n) is 9.17. The lowest BCUT2D eigenvalue weighted by atomic mass is 10.0. The Balaban J connectivity index is 1.49. The van der Waals surface area contributed by atoms with Crippen molar-refractivity contribution in [2.75, 3.05) is 0 Å². The van der Waals surface area contributed by atoms with E-state index in [1.807, 2.05) is 96.7 Å². The maximum atomic E-state index is 14.4. The lowest BCUT2D eigenvalue weighted by Gasteiger charge is -2.31. The van der Waals surface area contributed by atoms with Crippen LogP contribution in [-0.2, 0) is 13.1 Å². The number of nitrogens with one attached hydrogen (secondary N) is 1. The molecule has 1 aliphatic heterocycles. The summed E-state index contributed by atoms with van der Waals surface area (Å²) in [7, 11) is 0. The summed E-state index contributed by atoms with van der Waals surface area (Å²) in [4.78, 5) is 15.6. The third-order valence-electron chi connectivity index (χ3n) is 6.80. The van der Waals surface area contributed by atoms with Crippen molar-refractivity contribution in [2.45, 2.75) is 26.1 Å². The van der Waals surface area contributed by atoms with Crippen LogP contribution in [0.5, 0.6) is 0 Å². The number of para-hydroxylation sites is 1. The lowest BCUT2D eigenvalue weighted by Crippen LogP contribution is -2.41. The summed E-state index contributed by atoms with van der Waals surface area (Å²) in [5.74, 6) is 0.539. The van der Waals surface area contributed by atoms with Crippen LogP contribution in [0, 0.1) is 12.7 Å². The van der Waals surface area contributed by atoms with Gasteiger partial charge in [-0.05, 0) is 54.4 Å². The number of halogens is 1. The maximum absolute atomic E-state index is 14.4. The standard InChI is InChI=1S/C30H26FN5O/c1-21-26-20-35(30(37)32-19-22-10-4-2-5-11-22)28(23-12-8-13-24(31)18-23)27-16-9-17-34(27)29(26)36(33-21)25-14-6-3-7-15-25/h2-18,28H,19-20H2,1H3,(H,32,37). The summed E-state index contributed by atoms with van der Waals surface area (Å²) >= 11 is 0. The zero-order chi connectivity index (χ0) is 25.4. The predicted octanol–water partition coefficient (Wildman–Crippen LogP) is 5.93. The number of aromatic nitrogens is 3. The number of carbonyl (C=O) groups excluding carboxylic acids is 1. The number of benzene rings is 3. The minimum Gasteiger partial charge on any atom is -0.334 e. The molecule has 3 heterocycles. The first-order chi connectivity index (χ1) is 18.1. The fourth-order valence-electron chi connectivity index (χ4n) is 5.05. The van der Waals surface area contributed by atoms with Crippen molar-refractivity contribution in [1.29, 1.82) is 0 Å². The molecule has 0 aliphatic carbocycles. The molecule has 2 aromatic heterocycles. The quantitative estimate of drug-likeness (QED) is 0.339. The predicted molar refractivity (Wildman–Crippen MR) is 140 cm³/mol. The van der Waals surface area contributed by atoms with Gasteiger partial charge in [-0.2, -0.15) is 5.10 Å². The number of amides is 2. The number of hydrogen-bond donors (Lipinski definition) is 1. The molecule has 37 heavy (non-hydrogen) atoms. The zero-order valence-electron chi connectivity index (χ0n) is 20.4. The molecule has 2 amide bonds. The van der Waals surface area contributed by atoms with Gasteiger partial charge in [0.2, 0.25) is 0 Å². The van der Waals surface area contributed by atoms with Crippen LogP contribution < -0.4 is 5.32 Å². The van der Waals surface area contributed by atoms with E-state index in [1.54, 1.807) is 11.0 Å². The molecule has 0 radical (unpaired) electrons. The van der Waals surface area contributed by atoms with Crippen molar-refractivity contribution < 1.29 is 9.18 Å². The van der Waals surface area contributed by atoms with Crippen LogP contribution >= 0.6 is 0 Å². The number of carbonyl (C=O) groups is 1. The molecule has 3 aromatic carbocycles. The third kappa shape index (κ3) is 4.18. The van der Waals surface area contributed by atoms with Crippen LogP contribution in [0.4, 0.5) is 9.18 Å². The maximum Gasteiger partial charge on any atom is 0.318 e. The second kappa shape index (κ2) is 9.43. The molecular weight excluding hydrogens is 465 g/mol. The summed E-state index contributed by atoms with van der Waals surface area (Å²) in [6, 6.07) is 29.4. The second-order valence-corrected chi connectivity index (χ2v) is 9.17. The fourth-order valence-corrected chi connectivity index (χ4v) is 5.05. The van der Waals surface area contributed by atoms with Crippen LogP contribution in [0.2, 0.25) is 0 Å². The van der Waals surface area contributed by atoms with E-state index in [1.165, 1.54) is 12.1 Å². The SMILES string of the molecule is Cc1nn(-c2ccccc2)c2c1CN(C(=O)NCc1ccccc1)C(c1cccc(F)c1)c1cccn1-2. The number of rotatable bonds is 4. The van der Waals surface area contributed by atoms with Crippen molar-refractivity contribution in [3.63, 3.8) is 0 Å². The van der Waals surface area contributed by atoms with Gasteiger partial charge in [-0.25, -0.2) is 13.9 Å². The summed E-state index contributed by atoms with van der Waals surface area (Å²) in [6.45, 7) is 2.67. The molecule has 5 aromatic rings. The highest BCUT2D eigenvalue weighted by molar-refractivity contribution is 5.76. The van der Waals surface area contributed by atoms with Crippen LogP contribution in [-0.4, -0.2) is 25.3 Å². The van der Waals surface area contributed by atoms with Crippen molar-refractivity contribution in [3.05, 3.63) is 137 Å². The van der Waals surface area contributed by atoms with Gasteiger partial charge in [-0.3, -0.25) is 0 Å². The van der Waals surface area contributed by atoms with Gasteiger partial charge in [0.15, 0.2) is 0 Å². The van der Waals surface area contributed by atoms with Crippen LogP contribution in [0.15, 0.2) is 103 Å². The Kier molecular flexibility index (Phi) is 5.81. The van der Waals surface area contributed by atoms with E-state index in [4.69, 9.17) is 5.10 Å². The number of hydrogen-bond acceptors (Lipinski definition) is 2.